The van der Waals surface area contributed by atoms with Crippen LogP contribution in [-0.4, -0.2) is 17.4 Å². The zero-order chi connectivity index (χ0) is 8.27. The maximum Gasteiger partial charge on any atom is 0.192 e. The molecular weight excluding hydrogens is 138 g/mol. The minimum atomic E-state index is 0.107. The molecule has 0 amide bonds. The lowest BCUT2D eigenvalue weighted by molar-refractivity contribution is 0.502. The molecule has 3 nitrogen and oxygen atoms in total. The van der Waals surface area contributed by atoms with E-state index in [1.54, 1.807) is 11.0 Å². The summed E-state index contributed by atoms with van der Waals surface area (Å²) in [7, 11) is 0. The Bertz CT molecular complexity index is 205. The number of guanidine groups is 1. The first-order valence-electron chi connectivity index (χ1n) is 3.67. The second-order valence-electron chi connectivity index (χ2n) is 2.52. The molecule has 0 saturated carbocycles. The molecule has 0 aromatic rings. The molecule has 0 aromatic carbocycles. The summed E-state index contributed by atoms with van der Waals surface area (Å²) in [5.74, 6) is 0.107. The number of nitrogens with zero attached hydrogens (tertiary/aromatic N) is 1. The van der Waals surface area contributed by atoms with Crippen molar-refractivity contribution < 1.29 is 0 Å². The van der Waals surface area contributed by atoms with Crippen LogP contribution in [0.15, 0.2) is 24.4 Å². The van der Waals surface area contributed by atoms with Crippen molar-refractivity contribution in [1.82, 2.24) is 4.90 Å². The maximum atomic E-state index is 7.24. The van der Waals surface area contributed by atoms with Crippen molar-refractivity contribution in [2.24, 2.45) is 5.73 Å². The monoisotopic (exact) mass is 151 g/mol. The third-order valence-electron chi connectivity index (χ3n) is 1.73. The summed E-state index contributed by atoms with van der Waals surface area (Å²) in [6, 6.07) is 0. The van der Waals surface area contributed by atoms with Crippen LogP contribution in [0.2, 0.25) is 0 Å². The van der Waals surface area contributed by atoms with Gasteiger partial charge in [-0.3, -0.25) is 5.41 Å². The summed E-state index contributed by atoms with van der Waals surface area (Å²) in [5, 5.41) is 7.24. The van der Waals surface area contributed by atoms with Crippen molar-refractivity contribution in [2.45, 2.75) is 12.8 Å². The van der Waals surface area contributed by atoms with Crippen molar-refractivity contribution >= 4 is 5.96 Å². The van der Waals surface area contributed by atoms with Gasteiger partial charge in [0.2, 0.25) is 0 Å². The van der Waals surface area contributed by atoms with Crippen molar-refractivity contribution in [2.75, 3.05) is 6.54 Å². The van der Waals surface area contributed by atoms with Gasteiger partial charge in [0, 0.05) is 12.2 Å². The number of nitrogens with one attached hydrogen (secondary N) is 1. The molecule has 3 heteroatoms. The summed E-state index contributed by atoms with van der Waals surface area (Å²) in [5.41, 5.74) is 6.50. The summed E-state index contributed by atoms with van der Waals surface area (Å²) in [6.07, 6.45) is 5.98. The van der Waals surface area contributed by atoms with Gasteiger partial charge in [0.1, 0.15) is 0 Å². The molecule has 0 atom stereocenters. The van der Waals surface area contributed by atoms with E-state index in [-0.39, 0.29) is 5.96 Å². The fourth-order valence-electron chi connectivity index (χ4n) is 1.02. The predicted molar refractivity (Wildman–Crippen MR) is 46.1 cm³/mol. The first kappa shape index (κ1) is 7.85. The van der Waals surface area contributed by atoms with Gasteiger partial charge in [0.25, 0.3) is 0 Å². The summed E-state index contributed by atoms with van der Waals surface area (Å²) < 4.78 is 0. The SMILES string of the molecule is C=CCN(C(=N)N)C1=CCC1. The summed E-state index contributed by atoms with van der Waals surface area (Å²) >= 11 is 0. The fraction of sp³-hybridized carbons (Fsp3) is 0.375. The van der Waals surface area contributed by atoms with Crippen molar-refractivity contribution in [1.29, 1.82) is 5.41 Å². The van der Waals surface area contributed by atoms with E-state index >= 15 is 0 Å². The topological polar surface area (TPSA) is 53.1 Å². The smallest absolute Gasteiger partial charge is 0.192 e. The molecule has 3 N–H and O–H groups in total. The quantitative estimate of drug-likeness (QED) is 0.360. The van der Waals surface area contributed by atoms with Gasteiger partial charge in [-0.05, 0) is 12.8 Å². The van der Waals surface area contributed by atoms with Crippen molar-refractivity contribution in [3.05, 3.63) is 24.4 Å². The van der Waals surface area contributed by atoms with Gasteiger partial charge in [-0.25, -0.2) is 0 Å². The molecule has 0 radical (unpaired) electrons. The number of rotatable bonds is 3. The summed E-state index contributed by atoms with van der Waals surface area (Å²) in [4.78, 5) is 1.76. The maximum absolute atomic E-state index is 7.24. The zero-order valence-electron chi connectivity index (χ0n) is 6.51. The summed E-state index contributed by atoms with van der Waals surface area (Å²) in [6.45, 7) is 4.24. The number of hydrogen-bond donors (Lipinski definition) is 2. The molecule has 11 heavy (non-hydrogen) atoms. The highest BCUT2D eigenvalue weighted by Gasteiger charge is 2.14. The Morgan fingerprint density at radius 3 is 2.82 bits per heavy atom. The molecule has 0 bridgehead atoms. The molecule has 0 aliphatic heterocycles. The Balaban J connectivity index is 2.58. The average molecular weight is 151 g/mol. The van der Waals surface area contributed by atoms with Crippen LogP contribution in [0.5, 0.6) is 0 Å². The van der Waals surface area contributed by atoms with Crippen molar-refractivity contribution in [3.63, 3.8) is 0 Å². The first-order valence-corrected chi connectivity index (χ1v) is 3.67. The lowest BCUT2D eigenvalue weighted by Gasteiger charge is -2.28. The number of nitrogens with two attached hydrogens (primary N) is 1. The van der Waals surface area contributed by atoms with Crippen LogP contribution in [0, 0.1) is 5.41 Å². The van der Waals surface area contributed by atoms with Gasteiger partial charge in [-0.2, -0.15) is 0 Å². The molecular formula is C8H13N3. The first-order chi connectivity index (χ1) is 5.25. The van der Waals surface area contributed by atoms with E-state index in [1.807, 2.05) is 0 Å². The second-order valence-corrected chi connectivity index (χ2v) is 2.52. The minimum Gasteiger partial charge on any atom is -0.370 e. The minimum absolute atomic E-state index is 0.107. The Morgan fingerprint density at radius 1 is 1.91 bits per heavy atom. The Hall–Kier alpha value is -1.25. The highest BCUT2D eigenvalue weighted by molar-refractivity contribution is 5.77. The third kappa shape index (κ3) is 1.61. The van der Waals surface area contributed by atoms with Crippen LogP contribution < -0.4 is 5.73 Å². The molecule has 1 rings (SSSR count). The van der Waals surface area contributed by atoms with Crippen molar-refractivity contribution in [3.8, 4) is 0 Å². The predicted octanol–water partition coefficient (Wildman–Crippen LogP) is 1.05. The normalized spacial score (nSPS) is 14.7. The van der Waals surface area contributed by atoms with E-state index in [0.717, 1.165) is 18.5 Å². The number of allylic oxidation sites excluding steroid dienone is 2. The van der Waals surface area contributed by atoms with Gasteiger partial charge in [-0.1, -0.05) is 12.2 Å². The Labute approximate surface area is 66.7 Å². The molecule has 0 unspecified atom stereocenters. The van der Waals surface area contributed by atoms with E-state index in [4.69, 9.17) is 11.1 Å². The van der Waals surface area contributed by atoms with Crippen LogP contribution in [-0.2, 0) is 0 Å². The fourth-order valence-corrected chi connectivity index (χ4v) is 1.02. The molecule has 0 saturated heterocycles. The molecule has 1 aliphatic carbocycles. The van der Waals surface area contributed by atoms with Crippen LogP contribution in [0.25, 0.3) is 0 Å². The Kier molecular flexibility index (Phi) is 2.31. The van der Waals surface area contributed by atoms with Crippen LogP contribution in [0.1, 0.15) is 12.8 Å². The van der Waals surface area contributed by atoms with E-state index < -0.39 is 0 Å². The second kappa shape index (κ2) is 3.23. The van der Waals surface area contributed by atoms with E-state index in [0.29, 0.717) is 6.54 Å². The van der Waals surface area contributed by atoms with Crippen LogP contribution in [0.4, 0.5) is 0 Å². The molecule has 1 aliphatic rings. The zero-order valence-corrected chi connectivity index (χ0v) is 6.51. The molecule has 60 valence electrons. The number of hydrogen-bond acceptors (Lipinski definition) is 1. The van der Waals surface area contributed by atoms with Gasteiger partial charge in [-0.15, -0.1) is 6.58 Å². The third-order valence-corrected chi connectivity index (χ3v) is 1.73. The Morgan fingerprint density at radius 2 is 2.55 bits per heavy atom. The van der Waals surface area contributed by atoms with Gasteiger partial charge < -0.3 is 10.6 Å². The van der Waals surface area contributed by atoms with E-state index in [1.165, 1.54) is 0 Å². The molecule has 0 fully saturated rings. The van der Waals surface area contributed by atoms with Gasteiger partial charge in [0.15, 0.2) is 5.96 Å². The van der Waals surface area contributed by atoms with E-state index in [9.17, 15) is 0 Å². The highest BCUT2D eigenvalue weighted by atomic mass is 15.2. The molecule has 0 aromatic heterocycles. The molecule has 0 spiro atoms. The largest absolute Gasteiger partial charge is 0.370 e. The lowest BCUT2D eigenvalue weighted by atomic mass is 10.1. The lowest BCUT2D eigenvalue weighted by Crippen LogP contribution is -2.37. The highest BCUT2D eigenvalue weighted by Crippen LogP contribution is 2.21. The molecule has 0 heterocycles. The van der Waals surface area contributed by atoms with Gasteiger partial charge >= 0.3 is 0 Å². The van der Waals surface area contributed by atoms with Gasteiger partial charge in [0.05, 0.1) is 0 Å². The van der Waals surface area contributed by atoms with E-state index in [2.05, 4.69) is 12.7 Å². The van der Waals surface area contributed by atoms with Crippen LogP contribution >= 0.6 is 0 Å². The average Bonchev–Trinajstić information content (AvgIpc) is 1.82. The standard InChI is InChI=1S/C8H13N3/c1-2-6-11(8(9)10)7-4-3-5-7/h2,4H,1,3,5-6H2,(H3,9,10). The van der Waals surface area contributed by atoms with Crippen LogP contribution in [0.3, 0.4) is 0 Å².